The summed E-state index contributed by atoms with van der Waals surface area (Å²) >= 11 is 1.42. The number of aryl methyl sites for hydroxylation is 4. The van der Waals surface area contributed by atoms with Gasteiger partial charge < -0.3 is 10.1 Å². The summed E-state index contributed by atoms with van der Waals surface area (Å²) in [4.78, 5) is 22.4. The van der Waals surface area contributed by atoms with Crippen molar-refractivity contribution in [3.63, 3.8) is 0 Å². The van der Waals surface area contributed by atoms with Crippen LogP contribution in [0.3, 0.4) is 0 Å². The Bertz CT molecular complexity index is 1410. The van der Waals surface area contributed by atoms with E-state index in [1.807, 2.05) is 62.4 Å². The van der Waals surface area contributed by atoms with Gasteiger partial charge in [0.05, 0.1) is 11.3 Å². The Morgan fingerprint density at radius 3 is 2.34 bits per heavy atom. The second kappa shape index (κ2) is 9.55. The first-order chi connectivity index (χ1) is 16.8. The number of ether oxygens (including phenoxy) is 1. The van der Waals surface area contributed by atoms with E-state index >= 15 is 0 Å². The maximum atomic E-state index is 12.8. The number of carbonyl (C=O) groups excluding carboxylic acids is 1. The van der Waals surface area contributed by atoms with E-state index in [-0.39, 0.29) is 11.7 Å². The molecule has 3 aromatic carbocycles. The third-order valence-electron chi connectivity index (χ3n) is 5.88. The number of nitrogens with zero attached hydrogens (tertiary/aromatic N) is 2. The molecule has 1 aliphatic heterocycles. The van der Waals surface area contributed by atoms with Crippen LogP contribution in [0.2, 0.25) is 0 Å². The van der Waals surface area contributed by atoms with Gasteiger partial charge in [-0.15, -0.1) is 0 Å². The average molecular weight is 482 g/mol. The maximum Gasteiger partial charge on any atom is 0.234 e. The van der Waals surface area contributed by atoms with Gasteiger partial charge in [-0.05, 0) is 62.6 Å². The van der Waals surface area contributed by atoms with E-state index in [1.165, 1.54) is 22.9 Å². The predicted molar refractivity (Wildman–Crippen MR) is 142 cm³/mol. The van der Waals surface area contributed by atoms with Crippen LogP contribution in [-0.4, -0.2) is 21.6 Å². The van der Waals surface area contributed by atoms with Crippen molar-refractivity contribution in [1.82, 2.24) is 9.97 Å². The zero-order chi connectivity index (χ0) is 24.5. The van der Waals surface area contributed by atoms with Gasteiger partial charge in [-0.1, -0.05) is 65.4 Å². The first-order valence-electron chi connectivity index (χ1n) is 11.6. The summed E-state index contributed by atoms with van der Waals surface area (Å²) in [5.41, 5.74) is 8.33. The molecule has 1 N–H and O–H groups in total. The van der Waals surface area contributed by atoms with Crippen LogP contribution in [0, 0.1) is 27.7 Å². The van der Waals surface area contributed by atoms with E-state index in [0.717, 1.165) is 44.3 Å². The molecule has 0 saturated heterocycles. The average Bonchev–Trinajstić information content (AvgIpc) is 2.81. The minimum absolute atomic E-state index is 0.0720. The van der Waals surface area contributed by atoms with Crippen molar-refractivity contribution in [3.8, 4) is 23.0 Å². The number of aromatic nitrogens is 2. The molecule has 4 aromatic rings. The molecule has 1 amide bonds. The fraction of sp³-hybridized carbons (Fsp3) is 0.207. The Balaban J connectivity index is 1.44. The van der Waals surface area contributed by atoms with E-state index in [4.69, 9.17) is 14.7 Å². The third kappa shape index (κ3) is 5.23. The van der Waals surface area contributed by atoms with Gasteiger partial charge in [0.25, 0.3) is 0 Å². The van der Waals surface area contributed by atoms with Crippen molar-refractivity contribution in [2.45, 2.75) is 39.1 Å². The molecule has 176 valence electrons. The molecule has 5 rings (SSSR count). The highest BCUT2D eigenvalue weighted by atomic mass is 32.2. The van der Waals surface area contributed by atoms with E-state index in [1.54, 1.807) is 0 Å². The summed E-state index contributed by atoms with van der Waals surface area (Å²) in [5.74, 6) is 2.14. The highest BCUT2D eigenvalue weighted by Gasteiger charge is 2.25. The number of hydrogen-bond acceptors (Lipinski definition) is 5. The number of fused-ring (bicyclic) bond motifs is 2. The molecule has 0 radical (unpaired) electrons. The molecule has 2 heterocycles. The molecular formula is C29H27N3O2S. The number of hydrogen-bond donors (Lipinski definition) is 1. The quantitative estimate of drug-likeness (QED) is 0.221. The number of carbonyl (C=O) groups is 1. The van der Waals surface area contributed by atoms with Crippen molar-refractivity contribution in [2.24, 2.45) is 0 Å². The van der Waals surface area contributed by atoms with E-state index in [9.17, 15) is 4.79 Å². The molecule has 0 atom stereocenters. The molecule has 1 aliphatic rings. The molecule has 0 spiro atoms. The van der Waals surface area contributed by atoms with Gasteiger partial charge in [-0.25, -0.2) is 4.98 Å². The molecule has 6 heteroatoms. The SMILES string of the molecule is Cc1ccc(-c2nc3c(c(SCC(=O)Nc4cc(C)cc(C)c4)n2)Cc2cc(C)ccc2O3)cc1. The summed E-state index contributed by atoms with van der Waals surface area (Å²) in [6, 6.07) is 20.3. The Morgan fingerprint density at radius 2 is 1.60 bits per heavy atom. The Labute approximate surface area is 210 Å². The van der Waals surface area contributed by atoms with Crippen molar-refractivity contribution in [3.05, 3.63) is 94.0 Å². The van der Waals surface area contributed by atoms with Gasteiger partial charge in [0, 0.05) is 17.7 Å². The number of thioether (sulfide) groups is 1. The summed E-state index contributed by atoms with van der Waals surface area (Å²) in [6.45, 7) is 8.17. The lowest BCUT2D eigenvalue weighted by molar-refractivity contribution is -0.113. The highest BCUT2D eigenvalue weighted by molar-refractivity contribution is 8.00. The van der Waals surface area contributed by atoms with Gasteiger partial charge in [-0.3, -0.25) is 4.79 Å². The summed E-state index contributed by atoms with van der Waals surface area (Å²) in [7, 11) is 0. The number of benzene rings is 3. The normalized spacial score (nSPS) is 11.9. The Morgan fingerprint density at radius 1 is 0.886 bits per heavy atom. The zero-order valence-corrected chi connectivity index (χ0v) is 21.1. The van der Waals surface area contributed by atoms with Crippen molar-refractivity contribution < 1.29 is 9.53 Å². The fourth-order valence-corrected chi connectivity index (χ4v) is 5.07. The molecule has 0 aliphatic carbocycles. The second-order valence-electron chi connectivity index (χ2n) is 9.11. The smallest absolute Gasteiger partial charge is 0.234 e. The van der Waals surface area contributed by atoms with Gasteiger partial charge in [0.1, 0.15) is 10.8 Å². The van der Waals surface area contributed by atoms with Crippen LogP contribution < -0.4 is 10.1 Å². The monoisotopic (exact) mass is 481 g/mol. The topological polar surface area (TPSA) is 64.1 Å². The standard InChI is InChI=1S/C29H27N3O2S/c1-17-5-8-21(9-6-17)27-31-28-24(15-22-12-18(2)7-10-25(22)34-28)29(32-27)35-16-26(33)30-23-13-19(3)11-20(4)14-23/h5-14H,15-16H2,1-4H3,(H,30,33). The van der Waals surface area contributed by atoms with Crippen LogP contribution in [0.25, 0.3) is 11.4 Å². The van der Waals surface area contributed by atoms with Crippen LogP contribution in [0.5, 0.6) is 11.6 Å². The van der Waals surface area contributed by atoms with E-state index < -0.39 is 0 Å². The maximum absolute atomic E-state index is 12.8. The first kappa shape index (κ1) is 23.1. The second-order valence-corrected chi connectivity index (χ2v) is 10.1. The van der Waals surface area contributed by atoms with Crippen molar-refractivity contribution in [1.29, 1.82) is 0 Å². The van der Waals surface area contributed by atoms with E-state index in [2.05, 4.69) is 31.3 Å². The van der Waals surface area contributed by atoms with Crippen LogP contribution in [-0.2, 0) is 11.2 Å². The largest absolute Gasteiger partial charge is 0.438 e. The predicted octanol–water partition coefficient (Wildman–Crippen LogP) is 6.80. The molecule has 0 fully saturated rings. The highest BCUT2D eigenvalue weighted by Crippen LogP contribution is 2.40. The van der Waals surface area contributed by atoms with Crippen molar-refractivity contribution >= 4 is 23.4 Å². The van der Waals surface area contributed by atoms with Crippen LogP contribution in [0.1, 0.15) is 33.4 Å². The molecular weight excluding hydrogens is 454 g/mol. The molecule has 0 saturated carbocycles. The molecule has 1 aromatic heterocycles. The number of amides is 1. The number of rotatable bonds is 5. The van der Waals surface area contributed by atoms with Gasteiger partial charge >= 0.3 is 0 Å². The summed E-state index contributed by atoms with van der Waals surface area (Å²) in [5, 5.41) is 3.79. The van der Waals surface area contributed by atoms with Crippen LogP contribution in [0.15, 0.2) is 65.7 Å². The van der Waals surface area contributed by atoms with Gasteiger partial charge in [0.2, 0.25) is 11.8 Å². The van der Waals surface area contributed by atoms with Gasteiger partial charge in [0.15, 0.2) is 5.82 Å². The molecule has 0 unspecified atom stereocenters. The lowest BCUT2D eigenvalue weighted by Gasteiger charge is -2.22. The summed E-state index contributed by atoms with van der Waals surface area (Å²) in [6.07, 6.45) is 0.668. The molecule has 5 nitrogen and oxygen atoms in total. The minimum atomic E-state index is -0.0720. The minimum Gasteiger partial charge on any atom is -0.438 e. The van der Waals surface area contributed by atoms with Crippen molar-refractivity contribution in [2.75, 3.05) is 11.1 Å². The third-order valence-corrected chi connectivity index (χ3v) is 6.89. The van der Waals surface area contributed by atoms with Crippen LogP contribution in [0.4, 0.5) is 5.69 Å². The Kier molecular flexibility index (Phi) is 6.31. The fourth-order valence-electron chi connectivity index (χ4n) is 4.25. The molecule has 0 bridgehead atoms. The zero-order valence-electron chi connectivity index (χ0n) is 20.3. The Hall–Kier alpha value is -3.64. The number of nitrogens with one attached hydrogen (secondary N) is 1. The van der Waals surface area contributed by atoms with E-state index in [0.29, 0.717) is 18.1 Å². The lowest BCUT2D eigenvalue weighted by atomic mass is 10.0. The lowest BCUT2D eigenvalue weighted by Crippen LogP contribution is -2.15. The van der Waals surface area contributed by atoms with Gasteiger partial charge in [-0.2, -0.15) is 4.98 Å². The number of anilines is 1. The molecule has 35 heavy (non-hydrogen) atoms. The first-order valence-corrected chi connectivity index (χ1v) is 12.6. The van der Waals surface area contributed by atoms with Crippen LogP contribution >= 0.6 is 11.8 Å². The summed E-state index contributed by atoms with van der Waals surface area (Å²) < 4.78 is 6.22.